The second-order valence-corrected chi connectivity index (χ2v) is 12.1. The number of nitrogens with zero attached hydrogens (tertiary/aromatic N) is 1. The summed E-state index contributed by atoms with van der Waals surface area (Å²) in [6, 6.07) is 31.4. The average Bonchev–Trinajstić information content (AvgIpc) is 2.83. The third kappa shape index (κ3) is 5.16. The Morgan fingerprint density at radius 2 is 1.27 bits per heavy atom. The first-order valence-electron chi connectivity index (χ1n) is 11.0. The molecule has 0 bridgehead atoms. The molecule has 0 amide bonds. The molecule has 4 aromatic rings. The van der Waals surface area contributed by atoms with E-state index in [1.54, 1.807) is 11.8 Å². The van der Waals surface area contributed by atoms with Crippen LogP contribution in [0.5, 0.6) is 0 Å². The first kappa shape index (κ1) is 25.4. The van der Waals surface area contributed by atoms with Gasteiger partial charge < -0.3 is 22.0 Å². The maximum atomic E-state index is 13.8. The van der Waals surface area contributed by atoms with E-state index in [1.165, 1.54) is 0 Å². The molecule has 0 atom stereocenters. The molecule has 0 saturated heterocycles. The van der Waals surface area contributed by atoms with Crippen LogP contribution in [0.2, 0.25) is 0 Å². The predicted molar refractivity (Wildman–Crippen MR) is 140 cm³/mol. The summed E-state index contributed by atoms with van der Waals surface area (Å²) in [5.41, 5.74) is -0.0404. The summed E-state index contributed by atoms with van der Waals surface area (Å²) in [7, 11) is -2.48. The predicted octanol–water partition coefficient (Wildman–Crippen LogP) is 1.59. The topological polar surface area (TPSA) is 45.8 Å². The van der Waals surface area contributed by atoms with E-state index in [2.05, 4.69) is 84.7 Å². The van der Waals surface area contributed by atoms with E-state index in [9.17, 15) is 4.79 Å². The first-order valence-corrected chi connectivity index (χ1v) is 13.8. The molecule has 0 spiro atoms. The van der Waals surface area contributed by atoms with Gasteiger partial charge in [0.1, 0.15) is 26.8 Å². The van der Waals surface area contributed by atoms with E-state index in [0.717, 1.165) is 44.8 Å². The van der Waals surface area contributed by atoms with Crippen molar-refractivity contribution in [2.24, 2.45) is 0 Å². The number of unbranched alkanes of at least 4 members (excludes halogenated alkanes) is 1. The number of halogens is 1. The van der Waals surface area contributed by atoms with Gasteiger partial charge in [0.15, 0.2) is 7.26 Å². The minimum atomic E-state index is -2.48. The molecular formula is C27H28BrN2OPS. The van der Waals surface area contributed by atoms with Crippen LogP contribution < -0.4 is 43.8 Å². The molecule has 3 nitrogen and oxygen atoms in total. The standard InChI is InChI=1S/C27H27N2OPS.BrH/c1-3-4-20-32-27-25(26(30)28-21(2)29-27)31(22-14-8-5-9-15-22,23-16-10-6-11-17-23)24-18-12-7-13-19-24;/h5-19H,3-4,20H2,1-2H3;1H. The second kappa shape index (κ2) is 11.8. The summed E-state index contributed by atoms with van der Waals surface area (Å²) in [6.07, 6.45) is 2.20. The Morgan fingerprint density at radius 3 is 1.70 bits per heavy atom. The van der Waals surface area contributed by atoms with Crippen LogP contribution in [-0.4, -0.2) is 15.7 Å². The summed E-state index contributed by atoms with van der Waals surface area (Å²) in [5, 5.41) is 5.13. The molecule has 3 aromatic carbocycles. The van der Waals surface area contributed by atoms with Gasteiger partial charge in [0.25, 0.3) is 5.56 Å². The molecule has 170 valence electrons. The van der Waals surface area contributed by atoms with E-state index >= 15 is 0 Å². The zero-order valence-corrected chi connectivity index (χ0v) is 22.2. The fraction of sp³-hybridized carbons (Fsp3) is 0.185. The van der Waals surface area contributed by atoms with E-state index in [0.29, 0.717) is 5.82 Å². The van der Waals surface area contributed by atoms with Gasteiger partial charge in [0.05, 0.1) is 0 Å². The number of nitrogens with one attached hydrogen (secondary N) is 1. The SMILES string of the molecule is CCCCSc1nc(C)[nH]c(=O)c1[P+](c1ccccc1)(c1ccccc1)c1ccccc1.[Br-]. The monoisotopic (exact) mass is 538 g/mol. The zero-order valence-electron chi connectivity index (χ0n) is 18.9. The maximum absolute atomic E-state index is 13.8. The normalized spacial score (nSPS) is 11.1. The molecule has 1 aromatic heterocycles. The highest BCUT2D eigenvalue weighted by atomic mass is 79.9. The number of aromatic nitrogens is 2. The van der Waals surface area contributed by atoms with Crippen molar-refractivity contribution < 1.29 is 17.0 Å². The van der Waals surface area contributed by atoms with E-state index < -0.39 is 7.26 Å². The Labute approximate surface area is 211 Å². The quantitative estimate of drug-likeness (QED) is 0.160. The highest BCUT2D eigenvalue weighted by molar-refractivity contribution is 8.04. The van der Waals surface area contributed by atoms with Crippen molar-refractivity contribution in [2.75, 3.05) is 5.75 Å². The average molecular weight is 539 g/mol. The lowest BCUT2D eigenvalue weighted by molar-refractivity contribution is -0.00000656. The smallest absolute Gasteiger partial charge is 0.295 e. The lowest BCUT2D eigenvalue weighted by atomic mass is 10.4. The van der Waals surface area contributed by atoms with Crippen molar-refractivity contribution in [1.29, 1.82) is 0 Å². The van der Waals surface area contributed by atoms with Gasteiger partial charge in [-0.1, -0.05) is 67.9 Å². The molecular weight excluding hydrogens is 511 g/mol. The minimum absolute atomic E-state index is 0. The van der Waals surface area contributed by atoms with Gasteiger partial charge in [-0.25, -0.2) is 4.98 Å². The molecule has 0 aliphatic rings. The lowest BCUT2D eigenvalue weighted by Gasteiger charge is -2.27. The third-order valence-corrected chi connectivity index (χ3v) is 11.0. The summed E-state index contributed by atoms with van der Waals surface area (Å²) in [6.45, 7) is 4.05. The van der Waals surface area contributed by atoms with Crippen LogP contribution in [0.1, 0.15) is 25.6 Å². The first-order chi connectivity index (χ1) is 15.7. The Balaban J connectivity index is 0.00000306. The number of hydrogen-bond acceptors (Lipinski definition) is 3. The highest BCUT2D eigenvalue weighted by Gasteiger charge is 2.52. The molecule has 0 aliphatic heterocycles. The largest absolute Gasteiger partial charge is 1.00 e. The van der Waals surface area contributed by atoms with E-state index in [1.807, 2.05) is 25.1 Å². The van der Waals surface area contributed by atoms with E-state index in [-0.39, 0.29) is 22.5 Å². The number of H-pyrrole nitrogens is 1. The van der Waals surface area contributed by atoms with Crippen molar-refractivity contribution in [3.63, 3.8) is 0 Å². The number of rotatable bonds is 8. The summed E-state index contributed by atoms with van der Waals surface area (Å²) in [4.78, 5) is 21.7. The van der Waals surface area contributed by atoms with Gasteiger partial charge in [0.2, 0.25) is 5.30 Å². The minimum Gasteiger partial charge on any atom is -1.00 e. The number of hydrogen-bond donors (Lipinski definition) is 1. The van der Waals surface area contributed by atoms with Crippen molar-refractivity contribution in [1.82, 2.24) is 9.97 Å². The van der Waals surface area contributed by atoms with Gasteiger partial charge >= 0.3 is 0 Å². The van der Waals surface area contributed by atoms with Crippen LogP contribution in [0.15, 0.2) is 101 Å². The zero-order chi connectivity index (χ0) is 22.4. The van der Waals surface area contributed by atoms with Gasteiger partial charge in [0, 0.05) is 0 Å². The Hall–Kier alpha value is -2.20. The highest BCUT2D eigenvalue weighted by Crippen LogP contribution is 2.54. The van der Waals surface area contributed by atoms with Crippen molar-refractivity contribution in [3.8, 4) is 0 Å². The van der Waals surface area contributed by atoms with E-state index in [4.69, 9.17) is 4.98 Å². The maximum Gasteiger partial charge on any atom is 0.295 e. The Kier molecular flexibility index (Phi) is 9.08. The molecule has 0 radical (unpaired) electrons. The number of benzene rings is 3. The van der Waals surface area contributed by atoms with Gasteiger partial charge in [-0.2, -0.15) is 0 Å². The fourth-order valence-corrected chi connectivity index (χ4v) is 9.94. The molecule has 1 N–H and O–H groups in total. The van der Waals surface area contributed by atoms with Crippen LogP contribution in [0.4, 0.5) is 0 Å². The molecule has 33 heavy (non-hydrogen) atoms. The number of aryl methyl sites for hydroxylation is 1. The molecule has 0 unspecified atom stereocenters. The van der Waals surface area contributed by atoms with Crippen molar-refractivity contribution >= 4 is 40.2 Å². The summed E-state index contributed by atoms with van der Waals surface area (Å²) in [5.74, 6) is 1.60. The Bertz CT molecular complexity index is 1120. The van der Waals surface area contributed by atoms with Crippen LogP contribution in [0.3, 0.4) is 0 Å². The van der Waals surface area contributed by atoms with Gasteiger partial charge in [-0.05, 0) is 55.5 Å². The number of aromatic amines is 1. The molecule has 1 heterocycles. The van der Waals surface area contributed by atoms with Crippen molar-refractivity contribution in [3.05, 3.63) is 107 Å². The molecule has 0 fully saturated rings. The fourth-order valence-electron chi connectivity index (χ4n) is 4.05. The third-order valence-electron chi connectivity index (χ3n) is 5.48. The van der Waals surface area contributed by atoms with Gasteiger partial charge in [-0.3, -0.25) is 4.79 Å². The molecule has 0 aliphatic carbocycles. The van der Waals surface area contributed by atoms with Crippen LogP contribution >= 0.6 is 19.0 Å². The molecule has 4 rings (SSSR count). The second-order valence-electron chi connectivity index (χ2n) is 7.68. The van der Waals surface area contributed by atoms with Gasteiger partial charge in [-0.15, -0.1) is 11.8 Å². The Morgan fingerprint density at radius 1 is 0.818 bits per heavy atom. The molecule has 0 saturated carbocycles. The summed E-state index contributed by atoms with van der Waals surface area (Å²) >= 11 is 1.71. The van der Waals surface area contributed by atoms with Crippen molar-refractivity contribution in [2.45, 2.75) is 31.7 Å². The molecule has 6 heteroatoms. The summed E-state index contributed by atoms with van der Waals surface area (Å²) < 4.78 is 0. The van der Waals surface area contributed by atoms with Crippen LogP contribution in [0, 0.1) is 6.92 Å². The lowest BCUT2D eigenvalue weighted by Crippen LogP contribution is -3.00. The number of thioether (sulfide) groups is 1. The van der Waals surface area contributed by atoms with Crippen LogP contribution in [-0.2, 0) is 0 Å². The van der Waals surface area contributed by atoms with Crippen LogP contribution in [0.25, 0.3) is 0 Å².